The predicted octanol–water partition coefficient (Wildman–Crippen LogP) is 5.55. The van der Waals surface area contributed by atoms with E-state index in [4.69, 9.17) is 33.3 Å². The molecule has 10 heteroatoms. The fraction of sp³-hybridized carbons (Fsp3) is 0. The lowest BCUT2D eigenvalue weighted by Gasteiger charge is -2.14. The Morgan fingerprint density at radius 1 is 1.19 bits per heavy atom. The number of hydrogen-bond donors (Lipinski definition) is 2. The molecule has 6 nitrogen and oxygen atoms in total. The van der Waals surface area contributed by atoms with Gasteiger partial charge in [-0.1, -0.05) is 41.6 Å². The Morgan fingerprint density at radius 2 is 1.97 bits per heavy atom. The second-order valence-corrected chi connectivity index (χ2v) is 8.44. The van der Waals surface area contributed by atoms with Crippen molar-refractivity contribution in [2.24, 2.45) is 0 Å². The van der Waals surface area contributed by atoms with E-state index in [2.05, 4.69) is 0 Å². The molecule has 1 fully saturated rings. The van der Waals surface area contributed by atoms with Gasteiger partial charge in [-0.05, 0) is 42.5 Å². The Bertz CT molecular complexity index is 1290. The van der Waals surface area contributed by atoms with E-state index in [-0.39, 0.29) is 20.7 Å². The summed E-state index contributed by atoms with van der Waals surface area (Å²) < 4.78 is 19.4. The van der Waals surface area contributed by atoms with Crippen molar-refractivity contribution in [1.29, 1.82) is 0 Å². The topological polar surface area (TPSA) is 91.0 Å². The minimum Gasteiger partial charge on any atom is -0.507 e. The van der Waals surface area contributed by atoms with Crippen molar-refractivity contribution in [2.45, 2.75) is 0 Å². The molecule has 1 aromatic heterocycles. The van der Waals surface area contributed by atoms with Gasteiger partial charge in [-0.25, -0.2) is 9.18 Å². The first-order valence-corrected chi connectivity index (χ1v) is 10.2. The lowest BCUT2D eigenvalue weighted by atomic mass is 10.1. The molecule has 0 radical (unpaired) electrons. The number of rotatable bonds is 4. The van der Waals surface area contributed by atoms with Gasteiger partial charge in [-0.3, -0.25) is 9.69 Å². The minimum absolute atomic E-state index is 0.122. The maximum atomic E-state index is 13.4. The van der Waals surface area contributed by atoms with E-state index >= 15 is 0 Å². The standard InChI is InChI=1S/C21H11ClFNO5S2/c22-14-8-11(2-5-15(14)23)24-19(26)18(31-21(24)30)9-12-3-6-17(29-12)10-1-4-13(20(27)28)16(25)7-10/h1-9,25H,(H,27,28)/b18-9-. The number of amides is 1. The molecule has 0 saturated carbocycles. The van der Waals surface area contributed by atoms with Gasteiger partial charge < -0.3 is 14.6 Å². The summed E-state index contributed by atoms with van der Waals surface area (Å²) in [6, 6.07) is 11.2. The van der Waals surface area contributed by atoms with Gasteiger partial charge in [0.05, 0.1) is 15.6 Å². The molecule has 1 saturated heterocycles. The molecule has 156 valence electrons. The number of carbonyl (C=O) groups is 2. The first kappa shape index (κ1) is 21.1. The average molecular weight is 476 g/mol. The van der Waals surface area contributed by atoms with Crippen LogP contribution in [0.5, 0.6) is 5.75 Å². The number of anilines is 1. The van der Waals surface area contributed by atoms with Gasteiger partial charge in [-0.15, -0.1) is 0 Å². The van der Waals surface area contributed by atoms with Crippen LogP contribution in [-0.2, 0) is 4.79 Å². The maximum Gasteiger partial charge on any atom is 0.339 e. The third kappa shape index (κ3) is 4.07. The number of thiocarbonyl (C=S) groups is 1. The van der Waals surface area contributed by atoms with Crippen LogP contribution in [0, 0.1) is 5.82 Å². The molecule has 4 rings (SSSR count). The molecule has 31 heavy (non-hydrogen) atoms. The molecule has 0 spiro atoms. The maximum absolute atomic E-state index is 13.4. The Labute approximate surface area is 189 Å². The third-order valence-electron chi connectivity index (χ3n) is 4.37. The van der Waals surface area contributed by atoms with Gasteiger partial charge >= 0.3 is 5.97 Å². The first-order chi connectivity index (χ1) is 14.7. The molecule has 3 aromatic rings. The summed E-state index contributed by atoms with van der Waals surface area (Å²) in [6.45, 7) is 0. The van der Waals surface area contributed by atoms with E-state index in [0.29, 0.717) is 27.7 Å². The van der Waals surface area contributed by atoms with E-state index in [9.17, 15) is 19.1 Å². The molecule has 0 bridgehead atoms. The molecule has 2 aromatic carbocycles. The van der Waals surface area contributed by atoms with Crippen LogP contribution in [0.2, 0.25) is 5.02 Å². The number of carboxylic acid groups (broad SMARTS) is 1. The van der Waals surface area contributed by atoms with E-state index < -0.39 is 17.7 Å². The lowest BCUT2D eigenvalue weighted by molar-refractivity contribution is -0.113. The van der Waals surface area contributed by atoms with Crippen molar-refractivity contribution in [1.82, 2.24) is 0 Å². The minimum atomic E-state index is -1.24. The van der Waals surface area contributed by atoms with Crippen LogP contribution in [0.4, 0.5) is 10.1 Å². The SMILES string of the molecule is O=C(O)c1ccc(-c2ccc(/C=C3\SC(=S)N(c4ccc(F)c(Cl)c4)C3=O)o2)cc1O. The van der Waals surface area contributed by atoms with E-state index in [1.54, 1.807) is 12.1 Å². The summed E-state index contributed by atoms with van der Waals surface area (Å²) >= 11 is 12.2. The van der Waals surface area contributed by atoms with Crippen molar-refractivity contribution in [3.8, 4) is 17.1 Å². The summed E-state index contributed by atoms with van der Waals surface area (Å²) in [4.78, 5) is 25.4. The molecule has 1 aliphatic rings. The number of thioether (sulfide) groups is 1. The van der Waals surface area contributed by atoms with E-state index in [1.165, 1.54) is 41.3 Å². The molecule has 1 amide bonds. The van der Waals surface area contributed by atoms with Crippen LogP contribution in [0.15, 0.2) is 57.9 Å². The smallest absolute Gasteiger partial charge is 0.339 e. The number of aromatic hydroxyl groups is 1. The van der Waals surface area contributed by atoms with Crippen molar-refractivity contribution >= 4 is 63.5 Å². The van der Waals surface area contributed by atoms with E-state index in [1.807, 2.05) is 0 Å². The number of halogens is 2. The van der Waals surface area contributed by atoms with Gasteiger partial charge in [0.25, 0.3) is 5.91 Å². The number of carboxylic acids is 1. The molecule has 2 N–H and O–H groups in total. The summed E-state index contributed by atoms with van der Waals surface area (Å²) in [7, 11) is 0. The monoisotopic (exact) mass is 475 g/mol. The van der Waals surface area contributed by atoms with Crippen molar-refractivity contribution in [3.05, 3.63) is 75.6 Å². The lowest BCUT2D eigenvalue weighted by Crippen LogP contribution is -2.27. The molecule has 1 aliphatic heterocycles. The molecule has 2 heterocycles. The van der Waals surface area contributed by atoms with Crippen molar-refractivity contribution < 1.29 is 28.6 Å². The molecular formula is C21H11ClFNO5S2. The first-order valence-electron chi connectivity index (χ1n) is 8.64. The molecule has 0 aliphatic carbocycles. The summed E-state index contributed by atoms with van der Waals surface area (Å²) in [5.74, 6) is -1.90. The highest BCUT2D eigenvalue weighted by atomic mass is 35.5. The van der Waals surface area contributed by atoms with Gasteiger partial charge in [0.2, 0.25) is 0 Å². The number of aromatic carboxylic acids is 1. The van der Waals surface area contributed by atoms with Crippen LogP contribution < -0.4 is 4.90 Å². The van der Waals surface area contributed by atoms with Crippen LogP contribution in [0.25, 0.3) is 17.4 Å². The highest BCUT2D eigenvalue weighted by Gasteiger charge is 2.34. The summed E-state index contributed by atoms with van der Waals surface area (Å²) in [5, 5.41) is 18.7. The quantitative estimate of drug-likeness (QED) is 0.377. The van der Waals surface area contributed by atoms with Crippen molar-refractivity contribution in [3.63, 3.8) is 0 Å². The Hall–Kier alpha value is -3.14. The number of nitrogens with zero attached hydrogens (tertiary/aromatic N) is 1. The summed E-state index contributed by atoms with van der Waals surface area (Å²) in [5.41, 5.74) is 0.599. The van der Waals surface area contributed by atoms with Crippen LogP contribution in [0.3, 0.4) is 0 Å². The van der Waals surface area contributed by atoms with Crippen LogP contribution in [0.1, 0.15) is 16.1 Å². The second-order valence-electron chi connectivity index (χ2n) is 6.35. The van der Waals surface area contributed by atoms with Gasteiger partial charge in [-0.2, -0.15) is 0 Å². The third-order valence-corrected chi connectivity index (χ3v) is 5.96. The summed E-state index contributed by atoms with van der Waals surface area (Å²) in [6.07, 6.45) is 1.51. The van der Waals surface area contributed by atoms with Crippen LogP contribution >= 0.6 is 35.6 Å². The number of hydrogen-bond acceptors (Lipinski definition) is 6. The molecular weight excluding hydrogens is 465 g/mol. The van der Waals surface area contributed by atoms with E-state index in [0.717, 1.165) is 17.8 Å². The number of furan rings is 1. The Kier molecular flexibility index (Phi) is 5.57. The van der Waals surface area contributed by atoms with Crippen LogP contribution in [-0.4, -0.2) is 26.4 Å². The van der Waals surface area contributed by atoms with Gasteiger partial charge in [0.1, 0.15) is 28.7 Å². The van der Waals surface area contributed by atoms with Gasteiger partial charge in [0, 0.05) is 11.6 Å². The fourth-order valence-electron chi connectivity index (χ4n) is 2.89. The highest BCUT2D eigenvalue weighted by Crippen LogP contribution is 2.38. The normalized spacial score (nSPS) is 15.2. The number of benzene rings is 2. The Balaban J connectivity index is 1.60. The average Bonchev–Trinajstić information content (AvgIpc) is 3.28. The zero-order valence-corrected chi connectivity index (χ0v) is 17.7. The zero-order valence-electron chi connectivity index (χ0n) is 15.3. The second kappa shape index (κ2) is 8.18. The highest BCUT2D eigenvalue weighted by molar-refractivity contribution is 8.27. The molecule has 0 unspecified atom stereocenters. The number of carbonyl (C=O) groups excluding carboxylic acids is 1. The Morgan fingerprint density at radius 3 is 2.65 bits per heavy atom. The van der Waals surface area contributed by atoms with Crippen molar-refractivity contribution in [2.75, 3.05) is 4.90 Å². The zero-order chi connectivity index (χ0) is 22.3. The van der Waals surface area contributed by atoms with Gasteiger partial charge in [0.15, 0.2) is 4.32 Å². The fourth-order valence-corrected chi connectivity index (χ4v) is 4.35. The predicted molar refractivity (Wildman–Crippen MR) is 120 cm³/mol. The largest absolute Gasteiger partial charge is 0.507 e. The molecule has 0 atom stereocenters. The number of phenols is 1.